The van der Waals surface area contributed by atoms with E-state index in [4.69, 9.17) is 0 Å². The molecule has 0 N–H and O–H groups in total. The second-order valence-corrected chi connectivity index (χ2v) is 10.2. The maximum Gasteiger partial charge on any atom is 0.0689 e. The third kappa shape index (κ3) is 6.34. The maximum absolute atomic E-state index is 9.51. The predicted molar refractivity (Wildman–Crippen MR) is 124 cm³/mol. The minimum Gasteiger partial charge on any atom is -0.198 e. The Bertz CT molecular complexity index is 621. The van der Waals surface area contributed by atoms with Crippen LogP contribution in [-0.4, -0.2) is 0 Å². The summed E-state index contributed by atoms with van der Waals surface area (Å²) < 4.78 is 0. The molecule has 0 amide bonds. The molecule has 2 aliphatic carbocycles. The van der Waals surface area contributed by atoms with Gasteiger partial charge in [-0.2, -0.15) is 5.26 Å². The van der Waals surface area contributed by atoms with Crippen molar-refractivity contribution < 1.29 is 0 Å². The summed E-state index contributed by atoms with van der Waals surface area (Å²) in [6, 6.07) is 12.2. The Labute approximate surface area is 180 Å². The molecule has 0 unspecified atom stereocenters. The average molecular weight is 394 g/mol. The quantitative estimate of drug-likeness (QED) is 0.385. The van der Waals surface area contributed by atoms with Gasteiger partial charge in [-0.3, -0.25) is 0 Å². The first-order chi connectivity index (χ1) is 14.2. The normalized spacial score (nSPS) is 30.0. The van der Waals surface area contributed by atoms with Crippen LogP contribution in [0.1, 0.15) is 121 Å². The zero-order valence-electron chi connectivity index (χ0n) is 19.1. The molecule has 2 aliphatic rings. The maximum atomic E-state index is 9.51. The smallest absolute Gasteiger partial charge is 0.0689 e. The molecule has 0 radical (unpaired) electrons. The Hall–Kier alpha value is -1.29. The van der Waals surface area contributed by atoms with E-state index < -0.39 is 0 Å². The topological polar surface area (TPSA) is 23.8 Å². The van der Waals surface area contributed by atoms with E-state index in [0.29, 0.717) is 5.92 Å². The van der Waals surface area contributed by atoms with Crippen LogP contribution in [0.4, 0.5) is 0 Å². The number of unbranched alkanes of at least 4 members (excludes halogenated alkanes) is 2. The second kappa shape index (κ2) is 11.2. The zero-order chi connectivity index (χ0) is 20.5. The van der Waals surface area contributed by atoms with Crippen LogP contribution >= 0.6 is 0 Å². The van der Waals surface area contributed by atoms with Gasteiger partial charge < -0.3 is 0 Å². The van der Waals surface area contributed by atoms with Gasteiger partial charge in [0.15, 0.2) is 0 Å². The van der Waals surface area contributed by atoms with Crippen molar-refractivity contribution in [3.05, 3.63) is 35.4 Å². The summed E-state index contributed by atoms with van der Waals surface area (Å²) in [6.07, 6.45) is 19.8. The first-order valence-electron chi connectivity index (χ1n) is 12.7. The summed E-state index contributed by atoms with van der Waals surface area (Å²) >= 11 is 0. The van der Waals surface area contributed by atoms with Crippen LogP contribution in [0, 0.1) is 28.6 Å². The molecular formula is C28H43N. The number of nitrogens with zero attached hydrogens (tertiary/aromatic N) is 1. The van der Waals surface area contributed by atoms with Crippen LogP contribution in [0.15, 0.2) is 24.3 Å². The van der Waals surface area contributed by atoms with Crippen LogP contribution < -0.4 is 0 Å². The largest absolute Gasteiger partial charge is 0.198 e. The fraction of sp³-hybridized carbons (Fsp3) is 0.750. The molecule has 0 heterocycles. The summed E-state index contributed by atoms with van der Waals surface area (Å²) in [6.45, 7) is 4.49. The van der Waals surface area contributed by atoms with Gasteiger partial charge in [0.1, 0.15) is 0 Å². The van der Waals surface area contributed by atoms with Crippen LogP contribution in [-0.2, 0) is 6.42 Å². The Morgan fingerprint density at radius 1 is 0.862 bits per heavy atom. The van der Waals surface area contributed by atoms with Gasteiger partial charge in [0.2, 0.25) is 0 Å². The van der Waals surface area contributed by atoms with E-state index in [2.05, 4.69) is 44.2 Å². The molecule has 2 saturated carbocycles. The van der Waals surface area contributed by atoms with E-state index >= 15 is 0 Å². The fourth-order valence-corrected chi connectivity index (χ4v) is 5.87. The highest BCUT2D eigenvalue weighted by Crippen LogP contribution is 2.44. The number of rotatable bonds is 9. The van der Waals surface area contributed by atoms with Crippen molar-refractivity contribution in [3.63, 3.8) is 0 Å². The van der Waals surface area contributed by atoms with Crippen molar-refractivity contribution >= 4 is 0 Å². The first-order valence-corrected chi connectivity index (χ1v) is 12.7. The Morgan fingerprint density at radius 2 is 1.48 bits per heavy atom. The monoisotopic (exact) mass is 393 g/mol. The second-order valence-electron chi connectivity index (χ2n) is 10.2. The van der Waals surface area contributed by atoms with Gasteiger partial charge in [0, 0.05) is 0 Å². The average Bonchev–Trinajstić information content (AvgIpc) is 2.79. The van der Waals surface area contributed by atoms with Gasteiger partial charge >= 0.3 is 0 Å². The molecule has 0 spiro atoms. The Balaban J connectivity index is 1.39. The number of nitriles is 1. The molecule has 0 saturated heterocycles. The highest BCUT2D eigenvalue weighted by atomic mass is 14.4. The van der Waals surface area contributed by atoms with E-state index in [1.165, 1.54) is 88.2 Å². The molecule has 1 nitrogen and oxygen atoms in total. The van der Waals surface area contributed by atoms with Gasteiger partial charge in [-0.05, 0) is 73.8 Å². The molecule has 0 atom stereocenters. The predicted octanol–water partition coefficient (Wildman–Crippen LogP) is 8.58. The SMILES string of the molecule is CCCCCC1CCC(CCc2ccc(C3CCC(C#N)(CC)CC3)cc2)CC1. The van der Waals surface area contributed by atoms with Crippen molar-refractivity contribution in [2.75, 3.05) is 0 Å². The molecule has 1 aromatic carbocycles. The van der Waals surface area contributed by atoms with E-state index in [0.717, 1.165) is 31.1 Å². The van der Waals surface area contributed by atoms with Crippen molar-refractivity contribution in [1.29, 1.82) is 5.26 Å². The number of hydrogen-bond acceptors (Lipinski definition) is 1. The molecule has 0 aromatic heterocycles. The van der Waals surface area contributed by atoms with Crippen LogP contribution in [0.5, 0.6) is 0 Å². The van der Waals surface area contributed by atoms with E-state index in [-0.39, 0.29) is 5.41 Å². The standard InChI is InChI=1S/C28H43N/c1-3-5-6-7-23-8-10-24(11-9-23)12-13-25-14-16-26(17-15-25)27-18-20-28(4-2,22-29)21-19-27/h14-17,23-24,27H,3-13,18-21H2,1-2H3. The number of benzene rings is 1. The third-order valence-corrected chi connectivity index (χ3v) is 8.33. The zero-order valence-corrected chi connectivity index (χ0v) is 19.1. The van der Waals surface area contributed by atoms with Crippen molar-refractivity contribution in [3.8, 4) is 6.07 Å². The lowest BCUT2D eigenvalue weighted by atomic mass is 9.68. The Kier molecular flexibility index (Phi) is 8.65. The Morgan fingerprint density at radius 3 is 2.03 bits per heavy atom. The molecule has 3 rings (SSSR count). The highest BCUT2D eigenvalue weighted by Gasteiger charge is 2.34. The van der Waals surface area contributed by atoms with Crippen LogP contribution in [0.25, 0.3) is 0 Å². The molecule has 29 heavy (non-hydrogen) atoms. The van der Waals surface area contributed by atoms with Gasteiger partial charge in [0.25, 0.3) is 0 Å². The molecule has 1 heteroatoms. The minimum atomic E-state index is -0.0363. The summed E-state index contributed by atoms with van der Waals surface area (Å²) in [5, 5.41) is 9.51. The molecule has 1 aromatic rings. The lowest BCUT2D eigenvalue weighted by Gasteiger charge is -2.34. The van der Waals surface area contributed by atoms with E-state index in [1.54, 1.807) is 0 Å². The van der Waals surface area contributed by atoms with E-state index in [9.17, 15) is 5.26 Å². The summed E-state index contributed by atoms with van der Waals surface area (Å²) in [4.78, 5) is 0. The first kappa shape index (κ1) is 22.4. The minimum absolute atomic E-state index is 0.0363. The van der Waals surface area contributed by atoms with Gasteiger partial charge in [-0.15, -0.1) is 0 Å². The van der Waals surface area contributed by atoms with Gasteiger partial charge in [-0.25, -0.2) is 0 Å². The summed E-state index contributed by atoms with van der Waals surface area (Å²) in [5.41, 5.74) is 2.99. The van der Waals surface area contributed by atoms with Crippen LogP contribution in [0.3, 0.4) is 0 Å². The van der Waals surface area contributed by atoms with Crippen molar-refractivity contribution in [2.45, 2.75) is 116 Å². The molecule has 2 fully saturated rings. The number of aryl methyl sites for hydroxylation is 1. The third-order valence-electron chi connectivity index (χ3n) is 8.33. The van der Waals surface area contributed by atoms with E-state index in [1.807, 2.05) is 0 Å². The molecule has 0 aliphatic heterocycles. The molecule has 160 valence electrons. The lowest BCUT2D eigenvalue weighted by Crippen LogP contribution is -2.24. The van der Waals surface area contributed by atoms with Crippen LogP contribution in [0.2, 0.25) is 0 Å². The van der Waals surface area contributed by atoms with Crippen molar-refractivity contribution in [1.82, 2.24) is 0 Å². The molecular weight excluding hydrogens is 350 g/mol. The van der Waals surface area contributed by atoms with Gasteiger partial charge in [0.05, 0.1) is 11.5 Å². The summed E-state index contributed by atoms with van der Waals surface area (Å²) in [7, 11) is 0. The van der Waals surface area contributed by atoms with Gasteiger partial charge in [-0.1, -0.05) is 89.5 Å². The summed E-state index contributed by atoms with van der Waals surface area (Å²) in [5.74, 6) is 2.66. The fourth-order valence-electron chi connectivity index (χ4n) is 5.87. The van der Waals surface area contributed by atoms with Crippen molar-refractivity contribution in [2.24, 2.45) is 17.3 Å². The lowest BCUT2D eigenvalue weighted by molar-refractivity contribution is 0.238. The molecule has 0 bridgehead atoms. The number of hydrogen-bond donors (Lipinski definition) is 0. The highest BCUT2D eigenvalue weighted by molar-refractivity contribution is 5.26.